The van der Waals surface area contributed by atoms with Crippen molar-refractivity contribution in [2.24, 2.45) is 0 Å². The van der Waals surface area contributed by atoms with Crippen molar-refractivity contribution >= 4 is 29.3 Å². The fourth-order valence-corrected chi connectivity index (χ4v) is 1.28. The monoisotopic (exact) mass is 283 g/mol. The quantitative estimate of drug-likeness (QED) is 0.492. The number of hydrogen-bond donors (Lipinski definition) is 1. The highest BCUT2D eigenvalue weighted by Crippen LogP contribution is 2.29. The molecule has 0 amide bonds. The number of carboxylic acids is 1. The summed E-state index contributed by atoms with van der Waals surface area (Å²) in [4.78, 5) is 20.6. The first-order valence-corrected chi connectivity index (χ1v) is 5.43. The first-order chi connectivity index (χ1) is 8.90. The van der Waals surface area contributed by atoms with Crippen LogP contribution >= 0.6 is 11.6 Å². The molecule has 0 bridgehead atoms. The van der Waals surface area contributed by atoms with Gasteiger partial charge in [-0.3, -0.25) is 10.1 Å². The molecule has 0 aliphatic rings. The van der Waals surface area contributed by atoms with E-state index in [0.29, 0.717) is 5.56 Å². The van der Waals surface area contributed by atoms with Crippen LogP contribution < -0.4 is 4.74 Å². The Hall–Kier alpha value is -2.34. The summed E-state index contributed by atoms with van der Waals surface area (Å²) in [6.45, 7) is 3.33. The van der Waals surface area contributed by atoms with Gasteiger partial charge in [0.05, 0.1) is 4.92 Å². The third kappa shape index (κ3) is 4.81. The second kappa shape index (κ2) is 6.55. The highest BCUT2D eigenvalue weighted by molar-refractivity contribution is 6.29. The van der Waals surface area contributed by atoms with Gasteiger partial charge in [-0.2, -0.15) is 0 Å². The smallest absolute Gasteiger partial charge is 0.328 e. The van der Waals surface area contributed by atoms with Crippen LogP contribution in [0.25, 0.3) is 6.08 Å². The second-order valence-corrected chi connectivity index (χ2v) is 4.00. The molecule has 0 spiro atoms. The molecule has 0 aromatic heterocycles. The molecule has 0 unspecified atom stereocenters. The van der Waals surface area contributed by atoms with E-state index in [1.807, 2.05) is 0 Å². The number of carbonyl (C=O) groups is 1. The van der Waals surface area contributed by atoms with E-state index in [9.17, 15) is 14.9 Å². The van der Waals surface area contributed by atoms with Crippen LogP contribution in [0.2, 0.25) is 0 Å². The van der Waals surface area contributed by atoms with Crippen LogP contribution in [0.5, 0.6) is 5.75 Å². The molecule has 0 aliphatic carbocycles. The summed E-state index contributed by atoms with van der Waals surface area (Å²) in [6, 6.07) is 4.01. The number of ether oxygens (including phenoxy) is 1. The molecule has 1 N–H and O–H groups in total. The van der Waals surface area contributed by atoms with E-state index < -0.39 is 10.9 Å². The minimum Gasteiger partial charge on any atom is -0.481 e. The van der Waals surface area contributed by atoms with Crippen LogP contribution in [0.3, 0.4) is 0 Å². The number of aliphatic carboxylic acids is 1. The Morgan fingerprint density at radius 1 is 1.58 bits per heavy atom. The summed E-state index contributed by atoms with van der Waals surface area (Å²) >= 11 is 5.52. The Kier molecular flexibility index (Phi) is 5.08. The molecule has 1 aromatic carbocycles. The van der Waals surface area contributed by atoms with Crippen molar-refractivity contribution in [3.63, 3.8) is 0 Å². The lowest BCUT2D eigenvalue weighted by Gasteiger charge is -2.06. The van der Waals surface area contributed by atoms with E-state index in [2.05, 4.69) is 6.58 Å². The molecule has 0 fully saturated rings. The van der Waals surface area contributed by atoms with Crippen molar-refractivity contribution in [2.75, 3.05) is 6.61 Å². The summed E-state index contributed by atoms with van der Waals surface area (Å²) in [7, 11) is 0. The minimum absolute atomic E-state index is 0.000612. The molecule has 0 aliphatic heterocycles. The average Bonchev–Trinajstić information content (AvgIpc) is 2.33. The van der Waals surface area contributed by atoms with Gasteiger partial charge in [-0.15, -0.1) is 0 Å². The molecule has 1 rings (SSSR count). The fourth-order valence-electron chi connectivity index (χ4n) is 1.22. The van der Waals surface area contributed by atoms with E-state index in [1.54, 1.807) is 0 Å². The largest absolute Gasteiger partial charge is 0.481 e. The minimum atomic E-state index is -1.12. The van der Waals surface area contributed by atoms with Gasteiger partial charge >= 0.3 is 11.7 Å². The van der Waals surface area contributed by atoms with Gasteiger partial charge in [0, 0.05) is 17.2 Å². The average molecular weight is 284 g/mol. The maximum Gasteiger partial charge on any atom is 0.328 e. The van der Waals surface area contributed by atoms with Gasteiger partial charge in [0.1, 0.15) is 6.61 Å². The van der Waals surface area contributed by atoms with E-state index >= 15 is 0 Å². The van der Waals surface area contributed by atoms with E-state index in [0.717, 1.165) is 6.08 Å². The van der Waals surface area contributed by atoms with E-state index in [4.69, 9.17) is 21.4 Å². The Balaban J connectivity index is 3.06. The molecular weight excluding hydrogens is 274 g/mol. The predicted octanol–water partition coefficient (Wildman–Crippen LogP) is 2.82. The standard InChI is InChI=1S/C12H10ClNO5/c1-8(13)7-19-11-6-9(3-5-12(15)16)2-4-10(11)14(17)18/h2-6H,1,7H2,(H,15,16). The fraction of sp³-hybridized carbons (Fsp3) is 0.0833. The molecule has 0 heterocycles. The van der Waals surface area contributed by atoms with Crippen LogP contribution in [-0.2, 0) is 4.79 Å². The lowest BCUT2D eigenvalue weighted by molar-refractivity contribution is -0.385. The molecular formula is C12H10ClNO5. The zero-order valence-electron chi connectivity index (χ0n) is 9.71. The van der Waals surface area contributed by atoms with E-state index in [-0.39, 0.29) is 23.1 Å². The zero-order chi connectivity index (χ0) is 14.4. The molecule has 6 nitrogen and oxygen atoms in total. The van der Waals surface area contributed by atoms with Crippen LogP contribution in [-0.4, -0.2) is 22.6 Å². The van der Waals surface area contributed by atoms with Crippen molar-refractivity contribution in [2.45, 2.75) is 0 Å². The van der Waals surface area contributed by atoms with Gasteiger partial charge < -0.3 is 9.84 Å². The van der Waals surface area contributed by atoms with Gasteiger partial charge in [0.15, 0.2) is 5.75 Å². The van der Waals surface area contributed by atoms with E-state index in [1.165, 1.54) is 24.3 Å². The van der Waals surface area contributed by atoms with Crippen molar-refractivity contribution in [1.82, 2.24) is 0 Å². The Morgan fingerprint density at radius 2 is 2.26 bits per heavy atom. The lowest BCUT2D eigenvalue weighted by Crippen LogP contribution is -2.00. The van der Waals surface area contributed by atoms with Gasteiger partial charge in [0.25, 0.3) is 0 Å². The zero-order valence-corrected chi connectivity index (χ0v) is 10.5. The van der Waals surface area contributed by atoms with Crippen molar-refractivity contribution < 1.29 is 19.6 Å². The number of nitrogens with zero attached hydrogens (tertiary/aromatic N) is 1. The lowest BCUT2D eigenvalue weighted by atomic mass is 10.2. The third-order valence-corrected chi connectivity index (χ3v) is 2.09. The van der Waals surface area contributed by atoms with Gasteiger partial charge in [0.2, 0.25) is 0 Å². The molecule has 0 saturated heterocycles. The predicted molar refractivity (Wildman–Crippen MR) is 70.3 cm³/mol. The summed E-state index contributed by atoms with van der Waals surface area (Å²) in [6.07, 6.45) is 2.22. The Morgan fingerprint density at radius 3 is 2.79 bits per heavy atom. The summed E-state index contributed by atoms with van der Waals surface area (Å²) in [5.74, 6) is -1.12. The number of nitro groups is 1. The maximum absolute atomic E-state index is 10.8. The Bertz CT molecular complexity index is 553. The highest BCUT2D eigenvalue weighted by Gasteiger charge is 2.15. The first kappa shape index (κ1) is 14.7. The summed E-state index contributed by atoms with van der Waals surface area (Å²) < 4.78 is 5.15. The molecule has 7 heteroatoms. The van der Waals surface area contributed by atoms with Crippen molar-refractivity contribution in [3.8, 4) is 5.75 Å². The van der Waals surface area contributed by atoms with Crippen LogP contribution in [0.15, 0.2) is 35.9 Å². The summed E-state index contributed by atoms with van der Waals surface area (Å²) in [5, 5.41) is 19.5. The second-order valence-electron chi connectivity index (χ2n) is 3.46. The highest BCUT2D eigenvalue weighted by atomic mass is 35.5. The third-order valence-electron chi connectivity index (χ3n) is 1.98. The van der Waals surface area contributed by atoms with Gasteiger partial charge in [-0.1, -0.05) is 18.2 Å². The van der Waals surface area contributed by atoms with Crippen LogP contribution in [0.4, 0.5) is 5.69 Å². The number of carboxylic acid groups (broad SMARTS) is 1. The van der Waals surface area contributed by atoms with Crippen molar-refractivity contribution in [1.29, 1.82) is 0 Å². The Labute approximate surface area is 113 Å². The number of halogens is 1. The van der Waals surface area contributed by atoms with Gasteiger partial charge in [-0.25, -0.2) is 4.79 Å². The number of hydrogen-bond acceptors (Lipinski definition) is 4. The molecule has 0 radical (unpaired) electrons. The summed E-state index contributed by atoms with van der Waals surface area (Å²) in [5.41, 5.74) is 0.230. The topological polar surface area (TPSA) is 89.7 Å². The normalized spacial score (nSPS) is 10.4. The molecule has 0 saturated carbocycles. The molecule has 19 heavy (non-hydrogen) atoms. The van der Waals surface area contributed by atoms with Gasteiger partial charge in [-0.05, 0) is 23.8 Å². The van der Waals surface area contributed by atoms with Crippen molar-refractivity contribution in [3.05, 3.63) is 51.6 Å². The van der Waals surface area contributed by atoms with Crippen LogP contribution in [0.1, 0.15) is 5.56 Å². The molecule has 100 valence electrons. The maximum atomic E-state index is 10.8. The first-order valence-electron chi connectivity index (χ1n) is 5.05. The molecule has 0 atom stereocenters. The van der Waals surface area contributed by atoms with Crippen LogP contribution in [0, 0.1) is 10.1 Å². The number of rotatable bonds is 6. The number of benzene rings is 1. The molecule has 1 aromatic rings. The SMILES string of the molecule is C=C(Cl)COc1cc(C=CC(=O)O)ccc1[N+](=O)[O-]. The number of nitro benzene ring substituents is 1.